The molecular weight excluding hydrogens is 438 g/mol. The van der Waals surface area contributed by atoms with Crippen molar-refractivity contribution in [2.24, 2.45) is 5.92 Å². The van der Waals surface area contributed by atoms with Gasteiger partial charge in [0.1, 0.15) is 0 Å². The highest BCUT2D eigenvalue weighted by Crippen LogP contribution is 2.23. The van der Waals surface area contributed by atoms with Gasteiger partial charge in [0.25, 0.3) is 11.8 Å². The number of benzene rings is 1. The number of esters is 3. The monoisotopic (exact) mass is 463 g/mol. The molecule has 1 heterocycles. The molecule has 0 aromatic heterocycles. The fourth-order valence-corrected chi connectivity index (χ4v) is 2.71. The maximum absolute atomic E-state index is 12.7. The zero-order chi connectivity index (χ0) is 24.5. The molecule has 2 amide bonds. The first-order chi connectivity index (χ1) is 15.6. The molecule has 0 N–H and O–H groups in total. The third-order valence-corrected chi connectivity index (χ3v) is 4.24. The number of carbonyl (C=O) groups excluding carboxylic acids is 6. The fraction of sp³-hybridized carbons (Fsp3) is 0.455. The van der Waals surface area contributed by atoms with Crippen molar-refractivity contribution in [2.75, 3.05) is 6.61 Å². The largest absolute Gasteiger partial charge is 0.465 e. The predicted molar refractivity (Wildman–Crippen MR) is 108 cm³/mol. The van der Waals surface area contributed by atoms with Gasteiger partial charge in [-0.15, -0.1) is 5.06 Å². The highest BCUT2D eigenvalue weighted by Gasteiger charge is 2.38. The van der Waals surface area contributed by atoms with Crippen molar-refractivity contribution in [3.8, 4) is 0 Å². The highest BCUT2D eigenvalue weighted by molar-refractivity contribution is 6.01. The minimum Gasteiger partial charge on any atom is -0.465 e. The molecular formula is C22H25NO10. The van der Waals surface area contributed by atoms with Crippen molar-refractivity contribution in [3.63, 3.8) is 0 Å². The molecule has 0 unspecified atom stereocenters. The first kappa shape index (κ1) is 25.5. The van der Waals surface area contributed by atoms with Crippen LogP contribution in [0, 0.1) is 5.92 Å². The predicted octanol–water partition coefficient (Wildman–Crippen LogP) is 1.40. The number of rotatable bonds is 10. The van der Waals surface area contributed by atoms with E-state index in [1.807, 2.05) is 13.8 Å². The normalized spacial score (nSPS) is 15.1. The zero-order valence-electron chi connectivity index (χ0n) is 18.5. The number of imide groups is 1. The van der Waals surface area contributed by atoms with Crippen LogP contribution < -0.4 is 0 Å². The Balaban J connectivity index is 2.19. The lowest BCUT2D eigenvalue weighted by Crippen LogP contribution is -2.37. The molecule has 1 aliphatic heterocycles. The Labute approximate surface area is 189 Å². The molecule has 178 valence electrons. The summed E-state index contributed by atoms with van der Waals surface area (Å²) in [5.41, 5.74) is 0.166. The molecule has 0 bridgehead atoms. The maximum Gasteiger partial charge on any atom is 0.378 e. The van der Waals surface area contributed by atoms with E-state index < -0.39 is 54.3 Å². The van der Waals surface area contributed by atoms with Crippen LogP contribution in [0.4, 0.5) is 0 Å². The second-order valence-corrected chi connectivity index (χ2v) is 7.60. The van der Waals surface area contributed by atoms with E-state index in [1.54, 1.807) is 18.2 Å². The van der Waals surface area contributed by atoms with Crippen molar-refractivity contribution in [2.45, 2.75) is 52.2 Å². The van der Waals surface area contributed by atoms with Crippen LogP contribution in [0.1, 0.15) is 51.7 Å². The van der Waals surface area contributed by atoms with Crippen LogP contribution in [0.2, 0.25) is 0 Å². The van der Waals surface area contributed by atoms with Crippen molar-refractivity contribution < 1.29 is 47.8 Å². The third-order valence-electron chi connectivity index (χ3n) is 4.24. The Hall–Kier alpha value is -3.76. The summed E-state index contributed by atoms with van der Waals surface area (Å²) in [5, 5.41) is 0.318. The van der Waals surface area contributed by atoms with E-state index in [9.17, 15) is 28.8 Å². The van der Waals surface area contributed by atoms with E-state index in [2.05, 4.69) is 0 Å². The average Bonchev–Trinajstić information content (AvgIpc) is 3.07. The number of carbonyl (C=O) groups is 6. The molecule has 1 aromatic rings. The molecule has 11 heteroatoms. The van der Waals surface area contributed by atoms with Crippen LogP contribution in [0.15, 0.2) is 30.3 Å². The summed E-state index contributed by atoms with van der Waals surface area (Å²) in [6.07, 6.45) is -4.25. The summed E-state index contributed by atoms with van der Waals surface area (Å²) in [7, 11) is 0. The van der Waals surface area contributed by atoms with Gasteiger partial charge in [0.2, 0.25) is 12.2 Å². The minimum atomic E-state index is -1.70. The van der Waals surface area contributed by atoms with E-state index in [1.165, 1.54) is 12.1 Å². The lowest BCUT2D eigenvalue weighted by Gasteiger charge is -2.22. The van der Waals surface area contributed by atoms with Gasteiger partial charge in [-0.25, -0.2) is 9.59 Å². The Bertz CT molecular complexity index is 895. The summed E-state index contributed by atoms with van der Waals surface area (Å²) >= 11 is 0. The van der Waals surface area contributed by atoms with Crippen molar-refractivity contribution in [1.29, 1.82) is 0 Å². The minimum absolute atomic E-state index is 0.0429. The summed E-state index contributed by atoms with van der Waals surface area (Å²) in [6, 6.07) is 7.66. The molecule has 0 radical (unpaired) electrons. The van der Waals surface area contributed by atoms with E-state index in [0.29, 0.717) is 5.06 Å². The smallest absolute Gasteiger partial charge is 0.378 e. The van der Waals surface area contributed by atoms with Crippen molar-refractivity contribution >= 4 is 35.7 Å². The molecule has 1 fully saturated rings. The van der Waals surface area contributed by atoms with E-state index in [-0.39, 0.29) is 30.9 Å². The quantitative estimate of drug-likeness (QED) is 0.284. The Morgan fingerprint density at radius 1 is 0.939 bits per heavy atom. The molecule has 0 aliphatic carbocycles. The van der Waals surface area contributed by atoms with E-state index in [0.717, 1.165) is 6.92 Å². The fourth-order valence-electron chi connectivity index (χ4n) is 2.71. The van der Waals surface area contributed by atoms with Gasteiger partial charge in [-0.1, -0.05) is 44.2 Å². The average molecular weight is 463 g/mol. The second kappa shape index (κ2) is 11.7. The van der Waals surface area contributed by atoms with Crippen molar-refractivity contribution in [3.05, 3.63) is 35.9 Å². The van der Waals surface area contributed by atoms with Crippen LogP contribution >= 0.6 is 0 Å². The molecule has 1 aromatic carbocycles. The maximum atomic E-state index is 12.7. The summed E-state index contributed by atoms with van der Waals surface area (Å²) in [5.74, 6) is -5.48. The van der Waals surface area contributed by atoms with Gasteiger partial charge >= 0.3 is 23.9 Å². The molecule has 11 nitrogen and oxygen atoms in total. The van der Waals surface area contributed by atoms with Gasteiger partial charge in [-0.05, 0) is 5.92 Å². The van der Waals surface area contributed by atoms with Gasteiger partial charge in [0, 0.05) is 25.3 Å². The number of hydrogen-bond donors (Lipinski definition) is 0. The standard InChI is InChI=1S/C22H25NO10/c1-13(2)12-30-19(27)11-16(31-14(3)24)21(28)32-20(15-7-5-4-6-8-15)22(29)33-23-17(25)9-10-18(23)26/h4-8,13,16,20H,9-12H2,1-3H3/t16-,20-/m0/s1. The lowest BCUT2D eigenvalue weighted by atomic mass is 10.1. The molecule has 33 heavy (non-hydrogen) atoms. The van der Waals surface area contributed by atoms with Crippen LogP contribution in [-0.2, 0) is 47.8 Å². The topological polar surface area (TPSA) is 143 Å². The van der Waals surface area contributed by atoms with Crippen LogP contribution in [-0.4, -0.2) is 53.5 Å². The van der Waals surface area contributed by atoms with E-state index in [4.69, 9.17) is 19.0 Å². The second-order valence-electron chi connectivity index (χ2n) is 7.60. The Kier molecular flexibility index (Phi) is 9.08. The summed E-state index contributed by atoms with van der Waals surface area (Å²) in [6.45, 7) is 4.76. The Morgan fingerprint density at radius 2 is 1.55 bits per heavy atom. The van der Waals surface area contributed by atoms with Crippen LogP contribution in [0.3, 0.4) is 0 Å². The van der Waals surface area contributed by atoms with Gasteiger partial charge < -0.3 is 19.0 Å². The van der Waals surface area contributed by atoms with Gasteiger partial charge in [-0.3, -0.25) is 19.2 Å². The zero-order valence-corrected chi connectivity index (χ0v) is 18.5. The third kappa shape index (κ3) is 7.70. The van der Waals surface area contributed by atoms with Gasteiger partial charge in [0.05, 0.1) is 13.0 Å². The summed E-state index contributed by atoms with van der Waals surface area (Å²) in [4.78, 5) is 77.4. The van der Waals surface area contributed by atoms with E-state index >= 15 is 0 Å². The molecule has 0 spiro atoms. The first-order valence-corrected chi connectivity index (χ1v) is 10.2. The van der Waals surface area contributed by atoms with Gasteiger partial charge in [0.15, 0.2) is 0 Å². The SMILES string of the molecule is CC(=O)O[C@@H](CC(=O)OCC(C)C)C(=O)O[C@H](C(=O)ON1C(=O)CCC1=O)c1ccccc1. The molecule has 1 aliphatic rings. The number of amides is 2. The lowest BCUT2D eigenvalue weighted by molar-refractivity contribution is -0.208. The summed E-state index contributed by atoms with van der Waals surface area (Å²) < 4.78 is 15.1. The molecule has 0 saturated carbocycles. The van der Waals surface area contributed by atoms with Crippen LogP contribution in [0.25, 0.3) is 0 Å². The first-order valence-electron chi connectivity index (χ1n) is 10.2. The number of nitrogens with zero attached hydrogens (tertiary/aromatic N) is 1. The highest BCUT2D eigenvalue weighted by atomic mass is 16.7. The molecule has 2 atom stereocenters. The number of hydroxylamine groups is 2. The number of ether oxygens (including phenoxy) is 3. The van der Waals surface area contributed by atoms with Gasteiger partial charge in [-0.2, -0.15) is 0 Å². The molecule has 2 rings (SSSR count). The molecule has 1 saturated heterocycles. The number of hydrogen-bond acceptors (Lipinski definition) is 10. The van der Waals surface area contributed by atoms with Crippen LogP contribution in [0.5, 0.6) is 0 Å². The Morgan fingerprint density at radius 3 is 2.09 bits per heavy atom. The van der Waals surface area contributed by atoms with Crippen molar-refractivity contribution in [1.82, 2.24) is 5.06 Å².